The molecule has 1 heterocycles. The van der Waals surface area contributed by atoms with Gasteiger partial charge in [0.15, 0.2) is 0 Å². The molecule has 0 aromatic heterocycles. The molecule has 102 valence electrons. The average Bonchev–Trinajstić information content (AvgIpc) is 2.85. The number of carbonyl (C=O) groups is 1. The molecule has 1 aliphatic heterocycles. The Hall–Kier alpha value is -2.09. The summed E-state index contributed by atoms with van der Waals surface area (Å²) < 4.78 is 0. The number of carbonyl (C=O) groups excluding carboxylic acids is 1. The Labute approximate surface area is 120 Å². The maximum Gasteiger partial charge on any atom is 0.223 e. The molecule has 1 atom stereocenters. The van der Waals surface area contributed by atoms with E-state index in [4.69, 9.17) is 0 Å². The van der Waals surface area contributed by atoms with Crippen molar-refractivity contribution in [1.82, 2.24) is 0 Å². The predicted molar refractivity (Wildman–Crippen MR) is 82.0 cm³/mol. The van der Waals surface area contributed by atoms with Crippen molar-refractivity contribution in [2.45, 2.75) is 25.7 Å². The smallest absolute Gasteiger partial charge is 0.223 e. The van der Waals surface area contributed by atoms with Crippen molar-refractivity contribution in [2.75, 3.05) is 11.4 Å². The molecule has 0 N–H and O–H groups in total. The van der Waals surface area contributed by atoms with Crippen molar-refractivity contribution in [2.24, 2.45) is 0 Å². The van der Waals surface area contributed by atoms with E-state index in [0.29, 0.717) is 5.92 Å². The Balaban J connectivity index is 1.77. The van der Waals surface area contributed by atoms with Gasteiger partial charge in [-0.1, -0.05) is 48.5 Å². The number of fused-ring (bicyclic) bond motifs is 1. The number of amides is 1. The zero-order valence-corrected chi connectivity index (χ0v) is 11.8. The molecule has 2 heteroatoms. The lowest BCUT2D eigenvalue weighted by Crippen LogP contribution is -2.27. The van der Waals surface area contributed by atoms with Gasteiger partial charge in [-0.2, -0.15) is 0 Å². The molecular weight excluding hydrogens is 246 g/mol. The fraction of sp³-hybridized carbons (Fsp3) is 0.278. The van der Waals surface area contributed by atoms with Crippen LogP contribution in [0.1, 0.15) is 30.4 Å². The molecule has 1 aliphatic rings. The third-order valence-corrected chi connectivity index (χ3v) is 4.07. The molecule has 1 amide bonds. The second-order valence-electron chi connectivity index (χ2n) is 5.41. The molecule has 3 rings (SSSR count). The summed E-state index contributed by atoms with van der Waals surface area (Å²) in [5.74, 6) is 0.593. The van der Waals surface area contributed by atoms with Gasteiger partial charge in [0.05, 0.1) is 0 Å². The molecule has 2 nitrogen and oxygen atoms in total. The molecule has 0 bridgehead atoms. The monoisotopic (exact) mass is 265 g/mol. The van der Waals surface area contributed by atoms with Crippen LogP contribution in [0.5, 0.6) is 0 Å². The van der Waals surface area contributed by atoms with Gasteiger partial charge in [0, 0.05) is 25.1 Å². The second kappa shape index (κ2) is 5.49. The maximum atomic E-state index is 11.8. The zero-order valence-electron chi connectivity index (χ0n) is 11.8. The summed E-state index contributed by atoms with van der Waals surface area (Å²) in [6, 6.07) is 18.8. The van der Waals surface area contributed by atoms with Crippen LogP contribution in [-0.2, 0) is 11.2 Å². The Kier molecular flexibility index (Phi) is 3.55. The number of hydrogen-bond donors (Lipinski definition) is 0. The van der Waals surface area contributed by atoms with Gasteiger partial charge in [0.2, 0.25) is 5.91 Å². The summed E-state index contributed by atoms with van der Waals surface area (Å²) in [5.41, 5.74) is 3.78. The lowest BCUT2D eigenvalue weighted by molar-refractivity contribution is -0.116. The van der Waals surface area contributed by atoms with Gasteiger partial charge in [0.1, 0.15) is 0 Å². The number of anilines is 1. The van der Waals surface area contributed by atoms with E-state index in [1.54, 1.807) is 6.92 Å². The summed E-state index contributed by atoms with van der Waals surface area (Å²) in [7, 11) is 0. The van der Waals surface area contributed by atoms with E-state index in [2.05, 4.69) is 42.5 Å². The summed E-state index contributed by atoms with van der Waals surface area (Å²) in [6.45, 7) is 2.47. The fourth-order valence-corrected chi connectivity index (χ4v) is 3.03. The maximum absolute atomic E-state index is 11.8. The molecule has 0 radical (unpaired) electrons. The summed E-state index contributed by atoms with van der Waals surface area (Å²) in [6.07, 6.45) is 2.15. The Morgan fingerprint density at radius 1 is 1.10 bits per heavy atom. The van der Waals surface area contributed by atoms with Crippen molar-refractivity contribution in [1.29, 1.82) is 0 Å². The van der Waals surface area contributed by atoms with Crippen LogP contribution in [0.15, 0.2) is 54.6 Å². The number of para-hydroxylation sites is 1. The van der Waals surface area contributed by atoms with Crippen LogP contribution in [0.2, 0.25) is 0 Å². The first-order valence-corrected chi connectivity index (χ1v) is 7.16. The van der Waals surface area contributed by atoms with E-state index in [-0.39, 0.29) is 5.91 Å². The summed E-state index contributed by atoms with van der Waals surface area (Å²) >= 11 is 0. The van der Waals surface area contributed by atoms with Crippen molar-refractivity contribution >= 4 is 11.6 Å². The van der Waals surface area contributed by atoms with E-state index < -0.39 is 0 Å². The van der Waals surface area contributed by atoms with Crippen molar-refractivity contribution in [3.8, 4) is 0 Å². The standard InChI is InChI=1S/C18H19NO/c1-14(20)19-13-16(17-9-5-6-10-18(17)19)12-11-15-7-3-2-4-8-15/h2-10,16H,11-13H2,1H3. The number of benzene rings is 2. The molecular formula is C18H19NO. The highest BCUT2D eigenvalue weighted by Crippen LogP contribution is 2.38. The third-order valence-electron chi connectivity index (χ3n) is 4.07. The van der Waals surface area contributed by atoms with Crippen molar-refractivity contribution in [3.63, 3.8) is 0 Å². The lowest BCUT2D eigenvalue weighted by atomic mass is 9.94. The molecule has 0 saturated heterocycles. The number of hydrogen-bond acceptors (Lipinski definition) is 1. The normalized spacial score (nSPS) is 17.1. The minimum absolute atomic E-state index is 0.139. The van der Waals surface area contributed by atoms with Gasteiger partial charge in [-0.3, -0.25) is 4.79 Å². The van der Waals surface area contributed by atoms with Crippen LogP contribution in [0.3, 0.4) is 0 Å². The topological polar surface area (TPSA) is 20.3 Å². The SMILES string of the molecule is CC(=O)N1CC(CCc2ccccc2)c2ccccc21. The van der Waals surface area contributed by atoms with Gasteiger partial charge >= 0.3 is 0 Å². The minimum Gasteiger partial charge on any atom is -0.312 e. The Morgan fingerprint density at radius 2 is 1.80 bits per heavy atom. The molecule has 0 aliphatic carbocycles. The van der Waals surface area contributed by atoms with Crippen LogP contribution in [0.4, 0.5) is 5.69 Å². The highest BCUT2D eigenvalue weighted by Gasteiger charge is 2.29. The molecule has 0 fully saturated rings. The molecule has 0 spiro atoms. The zero-order chi connectivity index (χ0) is 13.9. The van der Waals surface area contributed by atoms with Gasteiger partial charge in [0.25, 0.3) is 0 Å². The second-order valence-corrected chi connectivity index (χ2v) is 5.41. The van der Waals surface area contributed by atoms with E-state index in [1.807, 2.05) is 17.0 Å². The number of rotatable bonds is 3. The van der Waals surface area contributed by atoms with Crippen molar-refractivity contribution in [3.05, 3.63) is 65.7 Å². The van der Waals surface area contributed by atoms with Crippen molar-refractivity contribution < 1.29 is 4.79 Å². The predicted octanol–water partition coefficient (Wildman–Crippen LogP) is 3.77. The van der Waals surface area contributed by atoms with Gasteiger partial charge < -0.3 is 4.90 Å². The molecule has 20 heavy (non-hydrogen) atoms. The molecule has 2 aromatic rings. The largest absolute Gasteiger partial charge is 0.312 e. The third kappa shape index (κ3) is 2.46. The summed E-state index contributed by atoms with van der Waals surface area (Å²) in [5, 5.41) is 0. The van der Waals surface area contributed by atoms with E-state index in [1.165, 1.54) is 11.1 Å². The highest BCUT2D eigenvalue weighted by atomic mass is 16.2. The molecule has 0 saturated carbocycles. The Morgan fingerprint density at radius 3 is 2.55 bits per heavy atom. The number of nitrogens with zero attached hydrogens (tertiary/aromatic N) is 1. The highest BCUT2D eigenvalue weighted by molar-refractivity contribution is 5.94. The van der Waals surface area contributed by atoms with Crippen LogP contribution in [0, 0.1) is 0 Å². The first-order chi connectivity index (χ1) is 9.75. The van der Waals surface area contributed by atoms with E-state index in [9.17, 15) is 4.79 Å². The lowest BCUT2D eigenvalue weighted by Gasteiger charge is -2.15. The van der Waals surface area contributed by atoms with Gasteiger partial charge in [-0.25, -0.2) is 0 Å². The first-order valence-electron chi connectivity index (χ1n) is 7.16. The average molecular weight is 265 g/mol. The van der Waals surface area contributed by atoms with Gasteiger partial charge in [-0.15, -0.1) is 0 Å². The minimum atomic E-state index is 0.139. The van der Waals surface area contributed by atoms with E-state index >= 15 is 0 Å². The fourth-order valence-electron chi connectivity index (χ4n) is 3.03. The number of aryl methyl sites for hydroxylation is 1. The Bertz CT molecular complexity index is 606. The molecule has 1 unspecified atom stereocenters. The van der Waals surface area contributed by atoms with Crippen LogP contribution in [-0.4, -0.2) is 12.5 Å². The van der Waals surface area contributed by atoms with Crippen LogP contribution >= 0.6 is 0 Å². The molecule has 2 aromatic carbocycles. The first kappa shape index (κ1) is 12.9. The summed E-state index contributed by atoms with van der Waals surface area (Å²) in [4.78, 5) is 13.7. The van der Waals surface area contributed by atoms with Crippen LogP contribution < -0.4 is 4.90 Å². The van der Waals surface area contributed by atoms with Crippen LogP contribution in [0.25, 0.3) is 0 Å². The quantitative estimate of drug-likeness (QED) is 0.827. The van der Waals surface area contributed by atoms with Gasteiger partial charge in [-0.05, 0) is 30.0 Å². The van der Waals surface area contributed by atoms with E-state index in [0.717, 1.165) is 25.1 Å².